The summed E-state index contributed by atoms with van der Waals surface area (Å²) in [4.78, 5) is 15.7. The summed E-state index contributed by atoms with van der Waals surface area (Å²) < 4.78 is 0. The van der Waals surface area contributed by atoms with Crippen molar-refractivity contribution in [2.45, 2.75) is 26.4 Å². The molecule has 0 aliphatic carbocycles. The van der Waals surface area contributed by atoms with Gasteiger partial charge in [-0.1, -0.05) is 31.2 Å². The van der Waals surface area contributed by atoms with Crippen LogP contribution in [0.3, 0.4) is 0 Å². The lowest BCUT2D eigenvalue weighted by Crippen LogP contribution is -2.41. The minimum Gasteiger partial charge on any atom is -0.325 e. The van der Waals surface area contributed by atoms with E-state index in [1.165, 1.54) is 4.88 Å². The Hall–Kier alpha value is -1.65. The maximum atomic E-state index is 12.3. The first-order chi connectivity index (χ1) is 9.70. The Morgan fingerprint density at radius 2 is 2.00 bits per heavy atom. The molecule has 0 fully saturated rings. The van der Waals surface area contributed by atoms with E-state index in [4.69, 9.17) is 0 Å². The Morgan fingerprint density at radius 1 is 1.25 bits per heavy atom. The zero-order valence-corrected chi connectivity index (χ0v) is 12.7. The third-order valence-corrected chi connectivity index (χ3v) is 4.17. The lowest BCUT2D eigenvalue weighted by Gasteiger charge is -2.26. The molecule has 0 saturated heterocycles. The van der Waals surface area contributed by atoms with Gasteiger partial charge in [0.15, 0.2) is 0 Å². The molecule has 0 unspecified atom stereocenters. The van der Waals surface area contributed by atoms with Gasteiger partial charge in [0.25, 0.3) is 0 Å². The van der Waals surface area contributed by atoms with E-state index in [1.54, 1.807) is 11.3 Å². The smallest absolute Gasteiger partial charge is 0.241 e. The number of thiophene rings is 1. The molecule has 0 spiro atoms. The van der Waals surface area contributed by atoms with Crippen molar-refractivity contribution in [3.63, 3.8) is 0 Å². The van der Waals surface area contributed by atoms with E-state index < -0.39 is 0 Å². The number of hydrogen-bond donors (Lipinski definition) is 1. The fourth-order valence-electron chi connectivity index (χ4n) is 2.06. The van der Waals surface area contributed by atoms with Gasteiger partial charge < -0.3 is 5.32 Å². The van der Waals surface area contributed by atoms with Crippen molar-refractivity contribution in [2.75, 3.05) is 11.9 Å². The van der Waals surface area contributed by atoms with Gasteiger partial charge in [-0.15, -0.1) is 11.3 Å². The molecule has 4 heteroatoms. The lowest BCUT2D eigenvalue weighted by molar-refractivity contribution is -0.120. The fraction of sp³-hybridized carbons (Fsp3) is 0.312. The van der Waals surface area contributed by atoms with Crippen LogP contribution in [0.15, 0.2) is 47.8 Å². The number of anilines is 1. The van der Waals surface area contributed by atoms with Gasteiger partial charge in [-0.05, 0) is 37.0 Å². The van der Waals surface area contributed by atoms with Crippen LogP contribution < -0.4 is 5.32 Å². The van der Waals surface area contributed by atoms with E-state index in [-0.39, 0.29) is 11.9 Å². The number of likely N-dealkylation sites (N-methyl/N-ethyl adjacent to an activating group) is 1. The van der Waals surface area contributed by atoms with Crippen LogP contribution in [0.2, 0.25) is 0 Å². The molecular weight excluding hydrogens is 268 g/mol. The summed E-state index contributed by atoms with van der Waals surface area (Å²) in [6.45, 7) is 5.70. The summed E-state index contributed by atoms with van der Waals surface area (Å²) in [5, 5.41) is 5.03. The van der Waals surface area contributed by atoms with Crippen LogP contribution in [-0.4, -0.2) is 23.4 Å². The quantitative estimate of drug-likeness (QED) is 0.881. The monoisotopic (exact) mass is 288 g/mol. The SMILES string of the molecule is CCN(Cc1cccs1)[C@H](C)C(=O)Nc1ccccc1. The van der Waals surface area contributed by atoms with Gasteiger partial charge in [-0.25, -0.2) is 0 Å². The first-order valence-corrected chi connectivity index (χ1v) is 7.71. The van der Waals surface area contributed by atoms with Crippen molar-refractivity contribution in [2.24, 2.45) is 0 Å². The maximum Gasteiger partial charge on any atom is 0.241 e. The minimum atomic E-state index is -0.151. The van der Waals surface area contributed by atoms with Gasteiger partial charge >= 0.3 is 0 Å². The first kappa shape index (κ1) is 14.8. The van der Waals surface area contributed by atoms with Gasteiger partial charge in [0.1, 0.15) is 0 Å². The second-order valence-corrected chi connectivity index (χ2v) is 5.71. The highest BCUT2D eigenvalue weighted by atomic mass is 32.1. The zero-order valence-electron chi connectivity index (χ0n) is 11.9. The summed E-state index contributed by atoms with van der Waals surface area (Å²) in [6.07, 6.45) is 0. The topological polar surface area (TPSA) is 32.3 Å². The maximum absolute atomic E-state index is 12.3. The summed E-state index contributed by atoms with van der Waals surface area (Å²) in [5.41, 5.74) is 0.844. The van der Waals surface area contributed by atoms with Gasteiger partial charge in [0.05, 0.1) is 6.04 Å². The highest BCUT2D eigenvalue weighted by molar-refractivity contribution is 7.09. The number of amides is 1. The van der Waals surface area contributed by atoms with E-state index >= 15 is 0 Å². The molecule has 2 aromatic rings. The molecule has 0 saturated carbocycles. The average Bonchev–Trinajstić information content (AvgIpc) is 2.98. The Kier molecular flexibility index (Phi) is 5.32. The molecule has 0 radical (unpaired) electrons. The number of nitrogens with zero attached hydrogens (tertiary/aromatic N) is 1. The molecule has 2 rings (SSSR count). The van der Waals surface area contributed by atoms with Crippen molar-refractivity contribution < 1.29 is 4.79 Å². The van der Waals surface area contributed by atoms with Crippen molar-refractivity contribution in [3.8, 4) is 0 Å². The molecule has 1 heterocycles. The molecule has 20 heavy (non-hydrogen) atoms. The van der Waals surface area contributed by atoms with Crippen LogP contribution in [0.5, 0.6) is 0 Å². The van der Waals surface area contributed by atoms with Crippen LogP contribution in [0, 0.1) is 0 Å². The van der Waals surface area contributed by atoms with Gasteiger partial charge in [-0.3, -0.25) is 9.69 Å². The number of hydrogen-bond acceptors (Lipinski definition) is 3. The fourth-order valence-corrected chi connectivity index (χ4v) is 2.79. The number of rotatable bonds is 6. The van der Waals surface area contributed by atoms with Crippen LogP contribution in [-0.2, 0) is 11.3 Å². The summed E-state index contributed by atoms with van der Waals surface area (Å²) in [5.74, 6) is 0.0367. The van der Waals surface area contributed by atoms with Gasteiger partial charge in [0, 0.05) is 17.1 Å². The van der Waals surface area contributed by atoms with Crippen LogP contribution >= 0.6 is 11.3 Å². The molecule has 1 N–H and O–H groups in total. The molecule has 0 aliphatic heterocycles. The number of carbonyl (C=O) groups is 1. The van der Waals surface area contributed by atoms with E-state index in [0.717, 1.165) is 18.8 Å². The molecule has 1 aromatic heterocycles. The van der Waals surface area contributed by atoms with Crippen LogP contribution in [0.4, 0.5) is 5.69 Å². The summed E-state index contributed by atoms with van der Waals surface area (Å²) >= 11 is 1.73. The van der Waals surface area contributed by atoms with Crippen molar-refractivity contribution in [1.82, 2.24) is 4.90 Å². The highest BCUT2D eigenvalue weighted by Crippen LogP contribution is 2.15. The predicted octanol–water partition coefficient (Wildman–Crippen LogP) is 3.60. The van der Waals surface area contributed by atoms with Gasteiger partial charge in [0.2, 0.25) is 5.91 Å². The number of nitrogens with one attached hydrogen (secondary N) is 1. The molecule has 3 nitrogen and oxygen atoms in total. The molecule has 0 aliphatic rings. The summed E-state index contributed by atoms with van der Waals surface area (Å²) in [6, 6.07) is 13.6. The largest absolute Gasteiger partial charge is 0.325 e. The Balaban J connectivity index is 1.97. The van der Waals surface area contributed by atoms with E-state index in [9.17, 15) is 4.79 Å². The van der Waals surface area contributed by atoms with E-state index in [0.29, 0.717) is 0 Å². The molecular formula is C16H20N2OS. The highest BCUT2D eigenvalue weighted by Gasteiger charge is 2.20. The molecule has 1 aromatic carbocycles. The normalized spacial score (nSPS) is 12.3. The Bertz CT molecular complexity index is 525. The third-order valence-electron chi connectivity index (χ3n) is 3.31. The van der Waals surface area contributed by atoms with Crippen molar-refractivity contribution in [1.29, 1.82) is 0 Å². The van der Waals surface area contributed by atoms with E-state index in [2.05, 4.69) is 28.6 Å². The molecule has 0 bridgehead atoms. The Morgan fingerprint density at radius 3 is 2.60 bits per heavy atom. The Labute approximate surface area is 124 Å². The number of para-hydroxylation sites is 1. The predicted molar refractivity (Wildman–Crippen MR) is 84.9 cm³/mol. The van der Waals surface area contributed by atoms with Crippen molar-refractivity contribution >= 4 is 22.9 Å². The lowest BCUT2D eigenvalue weighted by atomic mass is 10.2. The van der Waals surface area contributed by atoms with Crippen molar-refractivity contribution in [3.05, 3.63) is 52.7 Å². The standard InChI is InChI=1S/C16H20N2OS/c1-3-18(12-15-10-7-11-20-15)13(2)16(19)17-14-8-5-4-6-9-14/h4-11,13H,3,12H2,1-2H3,(H,17,19)/t13-/m1/s1. The van der Waals surface area contributed by atoms with Crippen LogP contribution in [0.1, 0.15) is 18.7 Å². The van der Waals surface area contributed by atoms with Crippen LogP contribution in [0.25, 0.3) is 0 Å². The van der Waals surface area contributed by atoms with Gasteiger partial charge in [-0.2, -0.15) is 0 Å². The van der Waals surface area contributed by atoms with E-state index in [1.807, 2.05) is 43.3 Å². The number of benzene rings is 1. The molecule has 106 valence electrons. The second kappa shape index (κ2) is 7.22. The molecule has 1 amide bonds. The molecule has 1 atom stereocenters. The zero-order chi connectivity index (χ0) is 14.4. The minimum absolute atomic E-state index is 0.0367. The first-order valence-electron chi connectivity index (χ1n) is 6.83. The summed E-state index contributed by atoms with van der Waals surface area (Å²) in [7, 11) is 0. The average molecular weight is 288 g/mol. The number of carbonyl (C=O) groups excluding carboxylic acids is 1. The third kappa shape index (κ3) is 3.92. The second-order valence-electron chi connectivity index (χ2n) is 4.67.